The molecule has 1 aliphatic rings. The van der Waals surface area contributed by atoms with Crippen molar-refractivity contribution in [2.75, 3.05) is 21.3 Å². The van der Waals surface area contributed by atoms with E-state index in [9.17, 15) is 9.59 Å². The first kappa shape index (κ1) is 14.5. The molecule has 0 aromatic heterocycles. The number of ether oxygens (including phenoxy) is 3. The molecule has 0 amide bonds. The van der Waals surface area contributed by atoms with E-state index in [4.69, 9.17) is 14.2 Å². The summed E-state index contributed by atoms with van der Waals surface area (Å²) in [6.07, 6.45) is 1.67. The lowest BCUT2D eigenvalue weighted by Gasteiger charge is -2.32. The lowest BCUT2D eigenvalue weighted by Crippen LogP contribution is -2.33. The van der Waals surface area contributed by atoms with Crippen LogP contribution < -0.4 is 0 Å². The maximum atomic E-state index is 11.6. The van der Waals surface area contributed by atoms with E-state index in [0.29, 0.717) is 25.0 Å². The van der Waals surface area contributed by atoms with Gasteiger partial charge in [0.25, 0.3) is 0 Å². The van der Waals surface area contributed by atoms with Crippen LogP contribution in [0.2, 0.25) is 0 Å². The minimum Gasteiger partial charge on any atom is -0.501 e. The highest BCUT2D eigenvalue weighted by molar-refractivity contribution is 5.76. The summed E-state index contributed by atoms with van der Waals surface area (Å²) >= 11 is 0. The van der Waals surface area contributed by atoms with E-state index in [1.165, 1.54) is 21.3 Å². The minimum atomic E-state index is -0.301. The Kier molecular flexibility index (Phi) is 5.19. The summed E-state index contributed by atoms with van der Waals surface area (Å²) in [4.78, 5) is 23.3. The first-order valence-corrected chi connectivity index (χ1v) is 5.91. The number of carbonyl (C=O) groups is 2. The third-order valence-corrected chi connectivity index (χ3v) is 3.49. The van der Waals surface area contributed by atoms with Crippen LogP contribution in [0.5, 0.6) is 0 Å². The largest absolute Gasteiger partial charge is 0.501 e. The number of rotatable bonds is 4. The summed E-state index contributed by atoms with van der Waals surface area (Å²) in [5, 5.41) is 0. The van der Waals surface area contributed by atoms with Gasteiger partial charge < -0.3 is 14.2 Å². The third kappa shape index (κ3) is 3.24. The maximum absolute atomic E-state index is 11.6. The zero-order valence-electron chi connectivity index (χ0n) is 11.1. The molecular weight excluding hydrogens is 236 g/mol. The lowest BCUT2D eigenvalue weighted by atomic mass is 9.74. The molecule has 0 saturated heterocycles. The maximum Gasteiger partial charge on any atom is 0.308 e. The summed E-state index contributed by atoms with van der Waals surface area (Å²) in [6, 6.07) is 0. The summed E-state index contributed by atoms with van der Waals surface area (Å²) in [6.45, 7) is 3.81. The van der Waals surface area contributed by atoms with E-state index in [-0.39, 0.29) is 29.7 Å². The number of hydrogen-bond donors (Lipinski definition) is 0. The molecule has 0 heterocycles. The second-order valence-corrected chi connectivity index (χ2v) is 4.51. The van der Waals surface area contributed by atoms with Gasteiger partial charge in [0.1, 0.15) is 0 Å². The van der Waals surface area contributed by atoms with Gasteiger partial charge in [0, 0.05) is 5.92 Å². The van der Waals surface area contributed by atoms with Crippen molar-refractivity contribution >= 4 is 11.9 Å². The molecule has 2 unspecified atom stereocenters. The van der Waals surface area contributed by atoms with Gasteiger partial charge in [-0.05, 0) is 19.3 Å². The Morgan fingerprint density at radius 3 is 1.56 bits per heavy atom. The molecule has 1 aliphatic carbocycles. The topological polar surface area (TPSA) is 61.8 Å². The van der Waals surface area contributed by atoms with Crippen LogP contribution in [0.15, 0.2) is 12.3 Å². The molecule has 0 aromatic carbocycles. The summed E-state index contributed by atoms with van der Waals surface area (Å²) in [5.41, 5.74) is 0. The van der Waals surface area contributed by atoms with Crippen molar-refractivity contribution in [1.29, 1.82) is 0 Å². The number of hydrogen-bond acceptors (Lipinski definition) is 5. The Balaban J connectivity index is 2.81. The van der Waals surface area contributed by atoms with Crippen molar-refractivity contribution in [2.24, 2.45) is 17.8 Å². The Hall–Kier alpha value is -1.52. The van der Waals surface area contributed by atoms with Crippen LogP contribution in [-0.2, 0) is 23.8 Å². The van der Waals surface area contributed by atoms with Crippen LogP contribution in [0.25, 0.3) is 0 Å². The monoisotopic (exact) mass is 256 g/mol. The highest BCUT2D eigenvalue weighted by Crippen LogP contribution is 2.38. The molecule has 102 valence electrons. The van der Waals surface area contributed by atoms with E-state index in [1.54, 1.807) is 0 Å². The zero-order chi connectivity index (χ0) is 13.7. The van der Waals surface area contributed by atoms with Crippen molar-refractivity contribution in [3.63, 3.8) is 0 Å². The van der Waals surface area contributed by atoms with Crippen molar-refractivity contribution in [1.82, 2.24) is 0 Å². The van der Waals surface area contributed by atoms with Crippen molar-refractivity contribution in [2.45, 2.75) is 19.3 Å². The number of carbonyl (C=O) groups excluding carboxylic acids is 2. The van der Waals surface area contributed by atoms with E-state index in [2.05, 4.69) is 6.58 Å². The van der Waals surface area contributed by atoms with E-state index < -0.39 is 0 Å². The first-order chi connectivity index (χ1) is 8.53. The van der Waals surface area contributed by atoms with Crippen molar-refractivity contribution < 1.29 is 23.8 Å². The molecular formula is C13H20O5. The van der Waals surface area contributed by atoms with Crippen LogP contribution in [0.4, 0.5) is 0 Å². The van der Waals surface area contributed by atoms with Gasteiger partial charge in [-0.3, -0.25) is 9.59 Å². The molecule has 1 fully saturated rings. The fraction of sp³-hybridized carbons (Fsp3) is 0.692. The van der Waals surface area contributed by atoms with Crippen LogP contribution >= 0.6 is 0 Å². The number of esters is 2. The summed E-state index contributed by atoms with van der Waals surface area (Å²) in [5.74, 6) is -0.612. The van der Waals surface area contributed by atoms with Gasteiger partial charge in [-0.2, -0.15) is 0 Å². The van der Waals surface area contributed by atoms with Gasteiger partial charge >= 0.3 is 11.9 Å². The average molecular weight is 256 g/mol. The molecule has 2 atom stereocenters. The van der Waals surface area contributed by atoms with Gasteiger partial charge in [-0.15, -0.1) is 0 Å². The predicted octanol–water partition coefficient (Wildman–Crippen LogP) is 1.52. The Labute approximate surface area is 107 Å². The fourth-order valence-corrected chi connectivity index (χ4v) is 2.47. The zero-order valence-corrected chi connectivity index (χ0v) is 11.1. The molecule has 0 aliphatic heterocycles. The SMILES string of the molecule is C=C(OC)C1CC(C(=O)OC)CC(C(=O)OC)C1. The van der Waals surface area contributed by atoms with Crippen LogP contribution in [0, 0.1) is 17.8 Å². The van der Waals surface area contributed by atoms with Gasteiger partial charge in [-0.25, -0.2) is 0 Å². The van der Waals surface area contributed by atoms with E-state index in [0.717, 1.165) is 0 Å². The molecule has 1 rings (SSSR count). The van der Waals surface area contributed by atoms with Gasteiger partial charge in [0.05, 0.1) is 38.9 Å². The highest BCUT2D eigenvalue weighted by Gasteiger charge is 2.38. The average Bonchev–Trinajstić information content (AvgIpc) is 2.43. The minimum absolute atomic E-state index is 0.0167. The van der Waals surface area contributed by atoms with Crippen molar-refractivity contribution in [3.05, 3.63) is 12.3 Å². The molecule has 0 spiro atoms. The molecule has 5 nitrogen and oxygen atoms in total. The Bertz CT molecular complexity index is 278. The van der Waals surface area contributed by atoms with Crippen LogP contribution in [0.3, 0.4) is 0 Å². The second-order valence-electron chi connectivity index (χ2n) is 4.51. The smallest absolute Gasteiger partial charge is 0.308 e. The fourth-order valence-electron chi connectivity index (χ4n) is 2.47. The second kappa shape index (κ2) is 6.42. The highest BCUT2D eigenvalue weighted by atomic mass is 16.5. The lowest BCUT2D eigenvalue weighted by molar-refractivity contribution is -0.153. The number of methoxy groups -OCH3 is 3. The van der Waals surface area contributed by atoms with Crippen LogP contribution in [-0.4, -0.2) is 33.3 Å². The molecule has 5 heteroatoms. The van der Waals surface area contributed by atoms with Crippen molar-refractivity contribution in [3.8, 4) is 0 Å². The number of allylic oxidation sites excluding steroid dienone is 1. The molecule has 1 saturated carbocycles. The molecule has 0 N–H and O–H groups in total. The molecule has 18 heavy (non-hydrogen) atoms. The molecule has 0 radical (unpaired) electrons. The van der Waals surface area contributed by atoms with E-state index in [1.807, 2.05) is 0 Å². The Morgan fingerprint density at radius 2 is 1.22 bits per heavy atom. The summed E-state index contributed by atoms with van der Waals surface area (Å²) in [7, 11) is 4.24. The van der Waals surface area contributed by atoms with Gasteiger partial charge in [0.15, 0.2) is 0 Å². The van der Waals surface area contributed by atoms with E-state index >= 15 is 0 Å². The van der Waals surface area contributed by atoms with Gasteiger partial charge in [0.2, 0.25) is 0 Å². The van der Waals surface area contributed by atoms with Crippen LogP contribution in [0.1, 0.15) is 19.3 Å². The molecule has 0 bridgehead atoms. The predicted molar refractivity (Wildman–Crippen MR) is 64.5 cm³/mol. The molecule has 0 aromatic rings. The quantitative estimate of drug-likeness (QED) is 0.564. The normalized spacial score (nSPS) is 27.2. The summed E-state index contributed by atoms with van der Waals surface area (Å²) < 4.78 is 14.6. The standard InChI is InChI=1S/C13H20O5/c1-8(16-2)9-5-10(12(14)17-3)7-11(6-9)13(15)18-4/h9-11H,1,5-7H2,2-4H3. The van der Waals surface area contributed by atoms with Gasteiger partial charge in [-0.1, -0.05) is 6.58 Å². The third-order valence-electron chi connectivity index (χ3n) is 3.49. The first-order valence-electron chi connectivity index (χ1n) is 5.91. The Morgan fingerprint density at radius 1 is 0.833 bits per heavy atom.